The number of para-hydroxylation sites is 1. The van der Waals surface area contributed by atoms with Crippen molar-refractivity contribution in [2.75, 3.05) is 43.6 Å². The van der Waals surface area contributed by atoms with Gasteiger partial charge in [0.15, 0.2) is 5.82 Å². The molecular formula is C23H29N5O. The van der Waals surface area contributed by atoms with Crippen molar-refractivity contribution in [3.05, 3.63) is 69.8 Å². The van der Waals surface area contributed by atoms with Crippen molar-refractivity contribution in [1.82, 2.24) is 14.6 Å². The molecule has 0 aliphatic carbocycles. The lowest BCUT2D eigenvalue weighted by molar-refractivity contribution is 0.282. The van der Waals surface area contributed by atoms with Gasteiger partial charge in [-0.15, -0.1) is 0 Å². The smallest absolute Gasteiger partial charge is 0.280 e. The summed E-state index contributed by atoms with van der Waals surface area (Å²) in [5.74, 6) is 0.748. The number of nitrogens with one attached hydrogen (secondary N) is 1. The van der Waals surface area contributed by atoms with Gasteiger partial charge in [0.05, 0.1) is 16.9 Å². The molecule has 0 bridgehead atoms. The first kappa shape index (κ1) is 19.5. The lowest BCUT2D eigenvalue weighted by atomic mass is 10.1. The lowest BCUT2D eigenvalue weighted by Crippen LogP contribution is -2.54. The Morgan fingerprint density at radius 1 is 1.03 bits per heavy atom. The quantitative estimate of drug-likeness (QED) is 0.741. The zero-order valence-corrected chi connectivity index (χ0v) is 17.6. The predicted octanol–water partition coefficient (Wildman–Crippen LogP) is 3.07. The van der Waals surface area contributed by atoms with Crippen molar-refractivity contribution < 1.29 is 0 Å². The van der Waals surface area contributed by atoms with Crippen molar-refractivity contribution in [3.63, 3.8) is 0 Å². The van der Waals surface area contributed by atoms with Crippen LogP contribution in [0.2, 0.25) is 0 Å². The highest BCUT2D eigenvalue weighted by Crippen LogP contribution is 2.23. The van der Waals surface area contributed by atoms with Crippen LogP contribution in [0.25, 0.3) is 10.9 Å². The van der Waals surface area contributed by atoms with Crippen molar-refractivity contribution in [2.24, 2.45) is 0 Å². The van der Waals surface area contributed by atoms with Gasteiger partial charge in [0.25, 0.3) is 5.56 Å². The third-order valence-corrected chi connectivity index (χ3v) is 5.68. The molecule has 0 radical (unpaired) electrons. The first-order valence-electron chi connectivity index (χ1n) is 10.2. The number of likely N-dealkylation sites (N-methyl/N-ethyl adjacent to an activating group) is 1. The minimum Gasteiger partial charge on any atom is -0.375 e. The second kappa shape index (κ2) is 7.87. The second-order valence-corrected chi connectivity index (χ2v) is 8.05. The molecule has 2 aromatic carbocycles. The van der Waals surface area contributed by atoms with Crippen LogP contribution in [-0.2, 0) is 0 Å². The molecular weight excluding hydrogens is 362 g/mol. The molecule has 4 rings (SSSR count). The molecule has 152 valence electrons. The van der Waals surface area contributed by atoms with Gasteiger partial charge in [0.1, 0.15) is 0 Å². The SMILES string of the molecule is Cc1ccc(N[C@@H](C)c2nc3ccccc3c(=O)n2N2CCN(C)CC2)c(C)c1. The maximum Gasteiger partial charge on any atom is 0.280 e. The van der Waals surface area contributed by atoms with Gasteiger partial charge in [0, 0.05) is 31.9 Å². The van der Waals surface area contributed by atoms with Gasteiger partial charge in [-0.05, 0) is 51.6 Å². The average Bonchev–Trinajstić information content (AvgIpc) is 2.71. The molecule has 1 aliphatic heterocycles. The fourth-order valence-corrected chi connectivity index (χ4v) is 3.96. The van der Waals surface area contributed by atoms with Crippen LogP contribution in [0, 0.1) is 13.8 Å². The van der Waals surface area contributed by atoms with Crippen LogP contribution in [0.3, 0.4) is 0 Å². The Balaban J connectivity index is 1.79. The summed E-state index contributed by atoms with van der Waals surface area (Å²) in [6.45, 7) is 9.73. The number of anilines is 1. The van der Waals surface area contributed by atoms with Crippen LogP contribution >= 0.6 is 0 Å². The molecule has 0 spiro atoms. The van der Waals surface area contributed by atoms with Crippen molar-refractivity contribution in [2.45, 2.75) is 26.8 Å². The Labute approximate surface area is 171 Å². The molecule has 6 heteroatoms. The van der Waals surface area contributed by atoms with E-state index in [0.29, 0.717) is 5.39 Å². The van der Waals surface area contributed by atoms with E-state index in [0.717, 1.165) is 43.2 Å². The zero-order chi connectivity index (χ0) is 20.5. The molecule has 0 amide bonds. The van der Waals surface area contributed by atoms with E-state index in [9.17, 15) is 4.79 Å². The normalized spacial score (nSPS) is 16.2. The summed E-state index contributed by atoms with van der Waals surface area (Å²) in [5.41, 5.74) is 4.23. The van der Waals surface area contributed by atoms with Crippen molar-refractivity contribution in [1.29, 1.82) is 0 Å². The van der Waals surface area contributed by atoms with E-state index in [2.05, 4.69) is 61.2 Å². The third kappa shape index (κ3) is 3.85. The molecule has 0 unspecified atom stereocenters. The van der Waals surface area contributed by atoms with Gasteiger partial charge in [-0.3, -0.25) is 4.79 Å². The van der Waals surface area contributed by atoms with Gasteiger partial charge >= 0.3 is 0 Å². The number of piperazine rings is 1. The number of hydrogen-bond acceptors (Lipinski definition) is 5. The van der Waals surface area contributed by atoms with E-state index in [1.54, 1.807) is 4.68 Å². The first-order chi connectivity index (χ1) is 13.9. The Bertz CT molecular complexity index is 1080. The highest BCUT2D eigenvalue weighted by atomic mass is 16.1. The molecule has 1 N–H and O–H groups in total. The summed E-state index contributed by atoms with van der Waals surface area (Å²) in [6.07, 6.45) is 0. The van der Waals surface area contributed by atoms with Crippen LogP contribution in [-0.4, -0.2) is 47.8 Å². The third-order valence-electron chi connectivity index (χ3n) is 5.68. The summed E-state index contributed by atoms with van der Waals surface area (Å²) in [4.78, 5) is 20.6. The average molecular weight is 392 g/mol. The van der Waals surface area contributed by atoms with Gasteiger partial charge in [-0.2, -0.15) is 0 Å². The van der Waals surface area contributed by atoms with Gasteiger partial charge in [-0.25, -0.2) is 9.66 Å². The fraction of sp³-hybridized carbons (Fsp3) is 0.391. The van der Waals surface area contributed by atoms with E-state index in [4.69, 9.17) is 4.98 Å². The van der Waals surface area contributed by atoms with Crippen LogP contribution in [0.15, 0.2) is 47.3 Å². The van der Waals surface area contributed by atoms with Crippen LogP contribution < -0.4 is 15.9 Å². The van der Waals surface area contributed by atoms with Crippen LogP contribution in [0.1, 0.15) is 29.9 Å². The molecule has 2 heterocycles. The molecule has 1 aliphatic rings. The van der Waals surface area contributed by atoms with Gasteiger partial charge in [0.2, 0.25) is 0 Å². The monoisotopic (exact) mass is 391 g/mol. The summed E-state index contributed by atoms with van der Waals surface area (Å²) in [7, 11) is 2.12. The van der Waals surface area contributed by atoms with E-state index in [-0.39, 0.29) is 11.6 Å². The minimum absolute atomic E-state index is 0.00410. The number of benzene rings is 2. The molecule has 1 saturated heterocycles. The summed E-state index contributed by atoms with van der Waals surface area (Å²) < 4.78 is 1.80. The van der Waals surface area contributed by atoms with Crippen molar-refractivity contribution in [3.8, 4) is 0 Å². The highest BCUT2D eigenvalue weighted by Gasteiger charge is 2.23. The van der Waals surface area contributed by atoms with Gasteiger partial charge in [-0.1, -0.05) is 29.8 Å². The Kier molecular flexibility index (Phi) is 5.28. The van der Waals surface area contributed by atoms with E-state index in [1.807, 2.05) is 24.3 Å². The van der Waals surface area contributed by atoms with Gasteiger partial charge < -0.3 is 15.2 Å². The van der Waals surface area contributed by atoms with Crippen molar-refractivity contribution >= 4 is 16.6 Å². The molecule has 29 heavy (non-hydrogen) atoms. The zero-order valence-electron chi connectivity index (χ0n) is 17.6. The molecule has 1 atom stereocenters. The predicted molar refractivity (Wildman–Crippen MR) is 119 cm³/mol. The maximum absolute atomic E-state index is 13.4. The number of rotatable bonds is 4. The maximum atomic E-state index is 13.4. The largest absolute Gasteiger partial charge is 0.375 e. The van der Waals surface area contributed by atoms with Crippen LogP contribution in [0.4, 0.5) is 5.69 Å². The standard InChI is InChI=1S/C23H29N5O/c1-16-9-10-20(17(2)15-16)24-18(3)22-25-21-8-6-5-7-19(21)23(29)28(22)27-13-11-26(4)12-14-27/h5-10,15,18,24H,11-14H2,1-4H3/t18-/m0/s1. The fourth-order valence-electron chi connectivity index (χ4n) is 3.96. The Hall–Kier alpha value is -2.86. The summed E-state index contributed by atoms with van der Waals surface area (Å²) in [6, 6.07) is 13.9. The number of nitrogens with zero attached hydrogens (tertiary/aromatic N) is 4. The first-order valence-corrected chi connectivity index (χ1v) is 10.2. The molecule has 3 aromatic rings. The topological polar surface area (TPSA) is 53.4 Å². The minimum atomic E-state index is -0.117. The summed E-state index contributed by atoms with van der Waals surface area (Å²) in [5, 5.41) is 6.37. The molecule has 0 saturated carbocycles. The lowest BCUT2D eigenvalue weighted by Gasteiger charge is -2.36. The number of aryl methyl sites for hydroxylation is 2. The van der Waals surface area contributed by atoms with E-state index >= 15 is 0 Å². The number of hydrogen-bond donors (Lipinski definition) is 1. The Morgan fingerprint density at radius 2 is 1.76 bits per heavy atom. The van der Waals surface area contributed by atoms with E-state index in [1.165, 1.54) is 11.1 Å². The number of aromatic nitrogens is 2. The molecule has 1 fully saturated rings. The summed E-state index contributed by atoms with van der Waals surface area (Å²) >= 11 is 0. The molecule has 6 nitrogen and oxygen atoms in total. The van der Waals surface area contributed by atoms with E-state index < -0.39 is 0 Å². The molecule has 1 aromatic heterocycles. The number of fused-ring (bicyclic) bond motifs is 1. The van der Waals surface area contributed by atoms with Crippen LogP contribution in [0.5, 0.6) is 0 Å². The highest BCUT2D eigenvalue weighted by molar-refractivity contribution is 5.77. The Morgan fingerprint density at radius 3 is 2.48 bits per heavy atom. The second-order valence-electron chi connectivity index (χ2n) is 8.05.